The SMILES string of the molecule is CN1C(=O)CCc2ccc(CC(N)C(=O)O)cc21. The van der Waals surface area contributed by atoms with Gasteiger partial charge in [-0.25, -0.2) is 0 Å². The van der Waals surface area contributed by atoms with E-state index in [0.29, 0.717) is 6.42 Å². The second-order valence-electron chi connectivity index (χ2n) is 4.56. The fourth-order valence-electron chi connectivity index (χ4n) is 2.14. The fourth-order valence-corrected chi connectivity index (χ4v) is 2.14. The molecular weight excluding hydrogens is 232 g/mol. The summed E-state index contributed by atoms with van der Waals surface area (Å²) in [7, 11) is 1.74. The number of amides is 1. The lowest BCUT2D eigenvalue weighted by atomic mass is 9.97. The molecule has 0 aromatic heterocycles. The quantitative estimate of drug-likeness (QED) is 0.818. The Balaban J connectivity index is 2.26. The van der Waals surface area contributed by atoms with Crippen LogP contribution in [0.15, 0.2) is 18.2 Å². The minimum absolute atomic E-state index is 0.0854. The molecular formula is C13H16N2O3. The molecule has 1 heterocycles. The molecule has 5 heteroatoms. The molecule has 1 unspecified atom stereocenters. The summed E-state index contributed by atoms with van der Waals surface area (Å²) in [5, 5.41) is 8.79. The number of hydrogen-bond acceptors (Lipinski definition) is 3. The van der Waals surface area contributed by atoms with Crippen LogP contribution in [0.5, 0.6) is 0 Å². The molecule has 1 aromatic rings. The fraction of sp³-hybridized carbons (Fsp3) is 0.385. The number of rotatable bonds is 3. The molecule has 1 atom stereocenters. The zero-order valence-electron chi connectivity index (χ0n) is 10.2. The average Bonchev–Trinajstić information content (AvgIpc) is 2.34. The Morgan fingerprint density at radius 3 is 2.89 bits per heavy atom. The van der Waals surface area contributed by atoms with Crippen LogP contribution in [0.2, 0.25) is 0 Å². The summed E-state index contributed by atoms with van der Waals surface area (Å²) in [6, 6.07) is 4.77. The topological polar surface area (TPSA) is 83.6 Å². The first kappa shape index (κ1) is 12.6. The number of carboxylic acids is 1. The van der Waals surface area contributed by atoms with Gasteiger partial charge in [0.05, 0.1) is 0 Å². The average molecular weight is 248 g/mol. The number of anilines is 1. The summed E-state index contributed by atoms with van der Waals surface area (Å²) in [5.74, 6) is -0.931. The Bertz CT molecular complexity index is 499. The number of fused-ring (bicyclic) bond motifs is 1. The van der Waals surface area contributed by atoms with Crippen LogP contribution in [-0.2, 0) is 22.4 Å². The maximum absolute atomic E-state index is 11.6. The molecule has 1 aliphatic heterocycles. The third-order valence-corrected chi connectivity index (χ3v) is 3.27. The second-order valence-corrected chi connectivity index (χ2v) is 4.56. The molecule has 0 bridgehead atoms. The van der Waals surface area contributed by atoms with E-state index in [1.807, 2.05) is 18.2 Å². The van der Waals surface area contributed by atoms with Crippen molar-refractivity contribution in [3.63, 3.8) is 0 Å². The molecule has 0 fully saturated rings. The van der Waals surface area contributed by atoms with Gasteiger partial charge < -0.3 is 15.7 Å². The van der Waals surface area contributed by atoms with E-state index < -0.39 is 12.0 Å². The highest BCUT2D eigenvalue weighted by Crippen LogP contribution is 2.28. The van der Waals surface area contributed by atoms with E-state index in [1.165, 1.54) is 0 Å². The van der Waals surface area contributed by atoms with Gasteiger partial charge in [0.15, 0.2) is 0 Å². The number of carboxylic acid groups (broad SMARTS) is 1. The molecule has 5 nitrogen and oxygen atoms in total. The van der Waals surface area contributed by atoms with Crippen LogP contribution in [-0.4, -0.2) is 30.1 Å². The molecule has 1 aromatic carbocycles. The molecule has 0 saturated carbocycles. The highest BCUT2D eigenvalue weighted by Gasteiger charge is 2.21. The van der Waals surface area contributed by atoms with E-state index in [4.69, 9.17) is 10.8 Å². The van der Waals surface area contributed by atoms with Gasteiger partial charge in [-0.15, -0.1) is 0 Å². The van der Waals surface area contributed by atoms with Crippen LogP contribution in [0.1, 0.15) is 17.5 Å². The van der Waals surface area contributed by atoms with Crippen LogP contribution in [0, 0.1) is 0 Å². The molecule has 1 aliphatic rings. The summed E-state index contributed by atoms with van der Waals surface area (Å²) in [5.41, 5.74) is 8.32. The summed E-state index contributed by atoms with van der Waals surface area (Å²) < 4.78 is 0. The van der Waals surface area contributed by atoms with Crippen LogP contribution in [0.3, 0.4) is 0 Å². The molecule has 0 saturated heterocycles. The predicted molar refractivity (Wildman–Crippen MR) is 67.5 cm³/mol. The van der Waals surface area contributed by atoms with Gasteiger partial charge >= 0.3 is 5.97 Å². The van der Waals surface area contributed by atoms with Gasteiger partial charge in [0.25, 0.3) is 0 Å². The molecule has 0 aliphatic carbocycles. The number of carbonyl (C=O) groups is 2. The van der Waals surface area contributed by atoms with Crippen LogP contribution in [0.4, 0.5) is 5.69 Å². The second kappa shape index (κ2) is 4.78. The maximum atomic E-state index is 11.6. The van der Waals surface area contributed by atoms with Crippen molar-refractivity contribution in [1.29, 1.82) is 0 Å². The lowest BCUT2D eigenvalue weighted by Gasteiger charge is -2.26. The summed E-state index contributed by atoms with van der Waals surface area (Å²) in [6.45, 7) is 0. The highest BCUT2D eigenvalue weighted by atomic mass is 16.4. The number of nitrogens with zero attached hydrogens (tertiary/aromatic N) is 1. The smallest absolute Gasteiger partial charge is 0.320 e. The first-order chi connectivity index (χ1) is 8.49. The van der Waals surface area contributed by atoms with Crippen molar-refractivity contribution in [3.8, 4) is 0 Å². The van der Waals surface area contributed by atoms with Crippen LogP contribution < -0.4 is 10.6 Å². The zero-order chi connectivity index (χ0) is 13.3. The summed E-state index contributed by atoms with van der Waals surface area (Å²) in [6.07, 6.45) is 1.53. The van der Waals surface area contributed by atoms with E-state index in [-0.39, 0.29) is 12.3 Å². The van der Waals surface area contributed by atoms with Crippen molar-refractivity contribution in [3.05, 3.63) is 29.3 Å². The predicted octanol–water partition coefficient (Wildman–Crippen LogP) is 0.550. The Morgan fingerprint density at radius 2 is 2.22 bits per heavy atom. The largest absolute Gasteiger partial charge is 0.480 e. The van der Waals surface area contributed by atoms with Gasteiger partial charge in [-0.1, -0.05) is 12.1 Å². The lowest BCUT2D eigenvalue weighted by Crippen LogP contribution is -2.33. The van der Waals surface area contributed by atoms with E-state index in [9.17, 15) is 9.59 Å². The molecule has 3 N–H and O–H groups in total. The first-order valence-electron chi connectivity index (χ1n) is 5.86. The third-order valence-electron chi connectivity index (χ3n) is 3.27. The van der Waals surface area contributed by atoms with Crippen molar-refractivity contribution in [2.75, 3.05) is 11.9 Å². The zero-order valence-corrected chi connectivity index (χ0v) is 10.2. The molecule has 96 valence electrons. The number of carbonyl (C=O) groups excluding carboxylic acids is 1. The Labute approximate surface area is 105 Å². The Hall–Kier alpha value is -1.88. The number of hydrogen-bond donors (Lipinski definition) is 2. The van der Waals surface area contributed by atoms with Gasteiger partial charge in [-0.05, 0) is 30.0 Å². The standard InChI is InChI=1S/C13H16N2O3/c1-15-11-7-8(6-10(14)13(17)18)2-3-9(11)4-5-12(15)16/h2-3,7,10H,4-6,14H2,1H3,(H,17,18). The number of nitrogens with two attached hydrogens (primary N) is 1. The minimum Gasteiger partial charge on any atom is -0.480 e. The van der Waals surface area contributed by atoms with E-state index >= 15 is 0 Å². The van der Waals surface area contributed by atoms with Gasteiger partial charge in [-0.3, -0.25) is 9.59 Å². The van der Waals surface area contributed by atoms with Gasteiger partial charge in [0.1, 0.15) is 6.04 Å². The molecule has 18 heavy (non-hydrogen) atoms. The Morgan fingerprint density at radius 1 is 1.50 bits per heavy atom. The number of aliphatic carboxylic acids is 1. The van der Waals surface area contributed by atoms with Crippen LogP contribution in [0.25, 0.3) is 0 Å². The lowest BCUT2D eigenvalue weighted by molar-refractivity contribution is -0.138. The van der Waals surface area contributed by atoms with E-state index in [1.54, 1.807) is 11.9 Å². The van der Waals surface area contributed by atoms with E-state index in [0.717, 1.165) is 23.2 Å². The van der Waals surface area contributed by atoms with Crippen molar-refractivity contribution in [2.24, 2.45) is 5.73 Å². The summed E-state index contributed by atoms with van der Waals surface area (Å²) in [4.78, 5) is 23.9. The van der Waals surface area contributed by atoms with Gasteiger partial charge in [0, 0.05) is 19.2 Å². The monoisotopic (exact) mass is 248 g/mol. The van der Waals surface area contributed by atoms with Crippen LogP contribution >= 0.6 is 0 Å². The first-order valence-corrected chi connectivity index (χ1v) is 5.86. The maximum Gasteiger partial charge on any atom is 0.320 e. The minimum atomic E-state index is -1.02. The highest BCUT2D eigenvalue weighted by molar-refractivity contribution is 5.96. The Kier molecular flexibility index (Phi) is 3.34. The number of aryl methyl sites for hydroxylation is 1. The van der Waals surface area contributed by atoms with Gasteiger partial charge in [-0.2, -0.15) is 0 Å². The van der Waals surface area contributed by atoms with Gasteiger partial charge in [0.2, 0.25) is 5.91 Å². The van der Waals surface area contributed by atoms with Crippen molar-refractivity contribution in [2.45, 2.75) is 25.3 Å². The summed E-state index contributed by atoms with van der Waals surface area (Å²) >= 11 is 0. The molecule has 0 spiro atoms. The third kappa shape index (κ3) is 2.36. The van der Waals surface area contributed by atoms with Crippen molar-refractivity contribution < 1.29 is 14.7 Å². The van der Waals surface area contributed by atoms with Crippen molar-refractivity contribution >= 4 is 17.6 Å². The van der Waals surface area contributed by atoms with Crippen molar-refractivity contribution in [1.82, 2.24) is 0 Å². The molecule has 0 radical (unpaired) electrons. The number of benzene rings is 1. The normalized spacial score (nSPS) is 16.3. The molecule has 2 rings (SSSR count). The molecule has 1 amide bonds. The van der Waals surface area contributed by atoms with E-state index in [2.05, 4.69) is 0 Å².